The molecule has 22 heavy (non-hydrogen) atoms. The van der Waals surface area contributed by atoms with E-state index in [-0.39, 0.29) is 16.6 Å². The second-order valence-corrected chi connectivity index (χ2v) is 4.88. The number of nitrogens with zero attached hydrogens (tertiary/aromatic N) is 2. The largest absolute Gasteiger partial charge is 0.295 e. The first-order chi connectivity index (χ1) is 10.5. The Morgan fingerprint density at radius 2 is 2.00 bits per heavy atom. The van der Waals surface area contributed by atoms with E-state index in [1.54, 1.807) is 6.92 Å². The molecule has 114 valence electrons. The van der Waals surface area contributed by atoms with Gasteiger partial charge in [-0.1, -0.05) is 18.2 Å². The average Bonchev–Trinajstić information content (AvgIpc) is 2.79. The number of rotatable bonds is 2. The van der Waals surface area contributed by atoms with Gasteiger partial charge in [0.1, 0.15) is 0 Å². The van der Waals surface area contributed by atoms with Crippen molar-refractivity contribution in [2.45, 2.75) is 13.8 Å². The summed E-state index contributed by atoms with van der Waals surface area (Å²) in [5.74, 6) is -0.290. The number of para-hydroxylation sites is 1. The summed E-state index contributed by atoms with van der Waals surface area (Å²) in [7, 11) is 0. The molecular weight excluding hydrogens is 302 g/mol. The zero-order chi connectivity index (χ0) is 16.1. The molecule has 0 radical (unpaired) electrons. The van der Waals surface area contributed by atoms with Crippen molar-refractivity contribution in [1.29, 1.82) is 0 Å². The first-order valence-corrected chi connectivity index (χ1v) is 6.87. The van der Waals surface area contributed by atoms with Gasteiger partial charge in [-0.15, -0.1) is 0 Å². The zero-order valence-electron chi connectivity index (χ0n) is 12.1. The maximum atomic E-state index is 12.4. The fourth-order valence-corrected chi connectivity index (χ4v) is 1.87. The molecule has 0 aliphatic heterocycles. The van der Waals surface area contributed by atoms with Gasteiger partial charge in [-0.05, 0) is 31.3 Å². The molecule has 0 aliphatic rings. The molecule has 0 spiro atoms. The number of hydrogen-bond donors (Lipinski definition) is 3. The molecule has 0 bridgehead atoms. The van der Waals surface area contributed by atoms with E-state index in [2.05, 4.69) is 20.9 Å². The first-order valence-electron chi connectivity index (χ1n) is 6.46. The molecule has 2 aromatic rings. The standard InChI is InChI=1S/C14H15N5O2S/c1-9-12(8-15-14(22)17-16-10(2)20)13(21)19(18-9)11-6-4-3-5-7-11/h3-8,18H,1-2H3,(H,16,20)(H,17,22)/b15-8+. The third-order valence-corrected chi connectivity index (χ3v) is 3.00. The lowest BCUT2D eigenvalue weighted by Gasteiger charge is -2.01. The van der Waals surface area contributed by atoms with Crippen molar-refractivity contribution in [2.75, 3.05) is 0 Å². The highest BCUT2D eigenvalue weighted by atomic mass is 32.1. The number of hydrogen-bond acceptors (Lipinski definition) is 3. The summed E-state index contributed by atoms with van der Waals surface area (Å²) >= 11 is 4.92. The van der Waals surface area contributed by atoms with Gasteiger partial charge in [-0.25, -0.2) is 9.67 Å². The zero-order valence-corrected chi connectivity index (χ0v) is 12.9. The third-order valence-electron chi connectivity index (χ3n) is 2.79. The molecule has 1 aromatic heterocycles. The Hall–Kier alpha value is -2.74. The van der Waals surface area contributed by atoms with Crippen molar-refractivity contribution in [1.82, 2.24) is 20.6 Å². The molecule has 8 heteroatoms. The van der Waals surface area contributed by atoms with E-state index in [1.165, 1.54) is 17.8 Å². The Labute approximate surface area is 132 Å². The molecular formula is C14H15N5O2S. The molecule has 2 rings (SSSR count). The predicted molar refractivity (Wildman–Crippen MR) is 88.3 cm³/mol. The summed E-state index contributed by atoms with van der Waals surface area (Å²) < 4.78 is 1.43. The third kappa shape index (κ3) is 3.67. The topological polar surface area (TPSA) is 91.3 Å². The van der Waals surface area contributed by atoms with Crippen LogP contribution in [-0.4, -0.2) is 27.0 Å². The van der Waals surface area contributed by atoms with Crippen molar-refractivity contribution in [3.63, 3.8) is 0 Å². The van der Waals surface area contributed by atoms with E-state index < -0.39 is 0 Å². The van der Waals surface area contributed by atoms with Crippen LogP contribution in [0.2, 0.25) is 0 Å². The fraction of sp³-hybridized carbons (Fsp3) is 0.143. The van der Waals surface area contributed by atoms with Gasteiger partial charge in [0.25, 0.3) is 5.56 Å². The minimum absolute atomic E-state index is 0.0569. The number of aromatic amines is 1. The molecule has 0 unspecified atom stereocenters. The Morgan fingerprint density at radius 3 is 2.64 bits per heavy atom. The number of benzene rings is 1. The number of thiocarbonyl (C=S) groups is 1. The van der Waals surface area contributed by atoms with Crippen LogP contribution in [-0.2, 0) is 4.79 Å². The quantitative estimate of drug-likeness (QED) is 0.434. The van der Waals surface area contributed by atoms with Crippen LogP contribution in [0, 0.1) is 6.92 Å². The van der Waals surface area contributed by atoms with E-state index >= 15 is 0 Å². The van der Waals surface area contributed by atoms with E-state index in [1.807, 2.05) is 30.3 Å². The Morgan fingerprint density at radius 1 is 1.32 bits per heavy atom. The maximum Gasteiger partial charge on any atom is 0.280 e. The Balaban J connectivity index is 2.23. The van der Waals surface area contributed by atoms with Gasteiger partial charge in [-0.2, -0.15) is 0 Å². The minimum atomic E-state index is -0.290. The molecule has 1 aromatic carbocycles. The summed E-state index contributed by atoms with van der Waals surface area (Å²) in [4.78, 5) is 27.1. The van der Waals surface area contributed by atoms with Crippen LogP contribution in [0.1, 0.15) is 18.2 Å². The van der Waals surface area contributed by atoms with Crippen molar-refractivity contribution in [3.05, 3.63) is 51.9 Å². The minimum Gasteiger partial charge on any atom is -0.295 e. The second kappa shape index (κ2) is 6.81. The van der Waals surface area contributed by atoms with Crippen LogP contribution in [0.4, 0.5) is 0 Å². The van der Waals surface area contributed by atoms with Crippen LogP contribution in [0.25, 0.3) is 5.69 Å². The molecule has 0 fully saturated rings. The number of nitrogens with one attached hydrogen (secondary N) is 3. The van der Waals surface area contributed by atoms with Crippen LogP contribution >= 0.6 is 12.2 Å². The lowest BCUT2D eigenvalue weighted by Crippen LogP contribution is -2.38. The van der Waals surface area contributed by atoms with Gasteiger partial charge in [-0.3, -0.25) is 25.5 Å². The molecule has 0 saturated carbocycles. The molecule has 0 saturated heterocycles. The normalized spacial score (nSPS) is 10.6. The van der Waals surface area contributed by atoms with E-state index in [0.29, 0.717) is 11.3 Å². The van der Waals surface area contributed by atoms with Crippen LogP contribution < -0.4 is 16.4 Å². The molecule has 0 aliphatic carbocycles. The fourth-order valence-electron chi connectivity index (χ4n) is 1.77. The van der Waals surface area contributed by atoms with Crippen molar-refractivity contribution in [2.24, 2.45) is 4.99 Å². The number of carbonyl (C=O) groups excluding carboxylic acids is 1. The predicted octanol–water partition coefficient (Wildman–Crippen LogP) is 0.819. The second-order valence-electron chi connectivity index (χ2n) is 4.50. The number of hydrazine groups is 1. The number of amides is 1. The van der Waals surface area contributed by atoms with Crippen molar-refractivity contribution >= 4 is 29.5 Å². The van der Waals surface area contributed by atoms with Crippen LogP contribution in [0.3, 0.4) is 0 Å². The van der Waals surface area contributed by atoms with Gasteiger partial charge < -0.3 is 0 Å². The highest BCUT2D eigenvalue weighted by Gasteiger charge is 2.10. The number of carbonyl (C=O) groups is 1. The Bertz CT molecular complexity index is 776. The van der Waals surface area contributed by atoms with Gasteiger partial charge in [0.2, 0.25) is 11.0 Å². The summed E-state index contributed by atoms with van der Waals surface area (Å²) in [6.07, 6.45) is 1.37. The lowest BCUT2D eigenvalue weighted by molar-refractivity contribution is -0.119. The van der Waals surface area contributed by atoms with Gasteiger partial charge >= 0.3 is 0 Å². The smallest absolute Gasteiger partial charge is 0.280 e. The highest BCUT2D eigenvalue weighted by molar-refractivity contribution is 7.80. The van der Waals surface area contributed by atoms with Crippen molar-refractivity contribution in [3.8, 4) is 5.69 Å². The summed E-state index contributed by atoms with van der Waals surface area (Å²) in [6.45, 7) is 3.11. The van der Waals surface area contributed by atoms with E-state index in [4.69, 9.17) is 12.2 Å². The molecule has 7 nitrogen and oxygen atoms in total. The molecule has 0 atom stereocenters. The molecule has 1 heterocycles. The monoisotopic (exact) mass is 317 g/mol. The molecule has 1 amide bonds. The van der Waals surface area contributed by atoms with E-state index in [0.717, 1.165) is 5.69 Å². The number of aliphatic imine (C=N–C) groups is 1. The van der Waals surface area contributed by atoms with Crippen LogP contribution in [0.15, 0.2) is 40.1 Å². The number of aromatic nitrogens is 2. The van der Waals surface area contributed by atoms with Gasteiger partial charge in [0.15, 0.2) is 0 Å². The van der Waals surface area contributed by atoms with Crippen LogP contribution in [0.5, 0.6) is 0 Å². The van der Waals surface area contributed by atoms with E-state index in [9.17, 15) is 9.59 Å². The van der Waals surface area contributed by atoms with Crippen molar-refractivity contribution < 1.29 is 4.79 Å². The highest BCUT2D eigenvalue weighted by Crippen LogP contribution is 2.05. The van der Waals surface area contributed by atoms with Gasteiger partial charge in [0.05, 0.1) is 11.3 Å². The lowest BCUT2D eigenvalue weighted by atomic mass is 10.3. The summed E-state index contributed by atoms with van der Waals surface area (Å²) in [5, 5.41) is 3.04. The van der Waals surface area contributed by atoms with Gasteiger partial charge in [0, 0.05) is 18.8 Å². The summed E-state index contributed by atoms with van der Waals surface area (Å²) in [6, 6.07) is 9.21. The number of aryl methyl sites for hydroxylation is 1. The average molecular weight is 317 g/mol. The Kier molecular flexibility index (Phi) is 4.84. The SMILES string of the molecule is CC(=O)NNC(=S)/N=C/c1c(C)[nH]n(-c2ccccc2)c1=O. The molecule has 3 N–H and O–H groups in total. The first kappa shape index (κ1) is 15.6. The maximum absolute atomic E-state index is 12.4. The summed E-state index contributed by atoms with van der Waals surface area (Å²) in [5.41, 5.74) is 6.32. The number of H-pyrrole nitrogens is 1.